The maximum Gasteiger partial charge on any atom is 0.124 e. The van der Waals surface area contributed by atoms with Crippen LogP contribution < -0.4 is 10.6 Å². The number of halogens is 2. The number of phenols is 1. The van der Waals surface area contributed by atoms with Crippen LogP contribution >= 0.6 is 11.6 Å². The Labute approximate surface area is 218 Å². The molecule has 0 saturated carbocycles. The lowest BCUT2D eigenvalue weighted by Gasteiger charge is -2.39. The van der Waals surface area contributed by atoms with Crippen molar-refractivity contribution in [2.45, 2.75) is 56.1 Å². The number of hydrogen-bond acceptors (Lipinski definition) is 5. The molecule has 3 N–H and O–H groups in total. The molecule has 7 heteroatoms. The van der Waals surface area contributed by atoms with Crippen molar-refractivity contribution in [1.29, 1.82) is 0 Å². The van der Waals surface area contributed by atoms with Crippen LogP contribution in [0.3, 0.4) is 0 Å². The number of aryl methyl sites for hydroxylation is 1. The number of hydrogen-bond donors (Lipinski definition) is 2. The van der Waals surface area contributed by atoms with E-state index in [0.717, 1.165) is 72.5 Å². The lowest BCUT2D eigenvalue weighted by molar-refractivity contribution is 0.0183. The fraction of sp³-hybridized carbons (Fsp3) is 0.448. The lowest BCUT2D eigenvalue weighted by atomic mass is 9.77. The van der Waals surface area contributed by atoms with E-state index in [2.05, 4.69) is 30.5 Å². The quantitative estimate of drug-likeness (QED) is 0.279. The van der Waals surface area contributed by atoms with Gasteiger partial charge in [0.25, 0.3) is 0 Å². The minimum Gasteiger partial charge on any atom is -0.508 e. The Morgan fingerprint density at radius 1 is 1.25 bits per heavy atom. The summed E-state index contributed by atoms with van der Waals surface area (Å²) in [6.45, 7) is 8.65. The van der Waals surface area contributed by atoms with Gasteiger partial charge in [-0.15, -0.1) is 11.6 Å². The van der Waals surface area contributed by atoms with Crippen LogP contribution in [0.1, 0.15) is 54.4 Å². The minimum atomic E-state index is -0.522. The monoisotopic (exact) mass is 514 g/mol. The maximum atomic E-state index is 12.4. The Kier molecular flexibility index (Phi) is 9.07. The summed E-state index contributed by atoms with van der Waals surface area (Å²) in [5.74, 6) is 6.60. The third-order valence-corrected chi connectivity index (χ3v) is 7.64. The molecule has 1 aliphatic heterocycles. The zero-order valence-corrected chi connectivity index (χ0v) is 21.6. The molecule has 36 heavy (non-hydrogen) atoms. The number of allylic oxidation sites excluding steroid dienone is 2. The van der Waals surface area contributed by atoms with Gasteiger partial charge in [0.2, 0.25) is 0 Å². The maximum absolute atomic E-state index is 12.4. The summed E-state index contributed by atoms with van der Waals surface area (Å²) in [5, 5.41) is 9.69. The van der Waals surface area contributed by atoms with Gasteiger partial charge >= 0.3 is 0 Å². The predicted octanol–water partition coefficient (Wildman–Crippen LogP) is 6.11. The molecule has 1 fully saturated rings. The minimum absolute atomic E-state index is 0.103. The van der Waals surface area contributed by atoms with Crippen molar-refractivity contribution >= 4 is 11.6 Å². The average Bonchev–Trinajstić information content (AvgIpc) is 2.85. The molecule has 0 radical (unpaired) electrons. The summed E-state index contributed by atoms with van der Waals surface area (Å²) < 4.78 is 18.6. The molecule has 1 saturated heterocycles. The predicted molar refractivity (Wildman–Crippen MR) is 142 cm³/mol. The number of rotatable bonds is 11. The first kappa shape index (κ1) is 26.7. The highest BCUT2D eigenvalue weighted by Crippen LogP contribution is 2.45. The van der Waals surface area contributed by atoms with E-state index < -0.39 is 6.10 Å². The molecule has 0 spiro atoms. The largest absolute Gasteiger partial charge is 0.508 e. The van der Waals surface area contributed by atoms with Crippen molar-refractivity contribution in [2.75, 3.05) is 26.3 Å². The molecular formula is C29H36ClFN2O3. The van der Waals surface area contributed by atoms with Crippen molar-refractivity contribution in [3.63, 3.8) is 0 Å². The Morgan fingerprint density at radius 2 is 2.00 bits per heavy atom. The molecule has 0 aromatic heterocycles. The van der Waals surface area contributed by atoms with Crippen molar-refractivity contribution in [1.82, 2.24) is 4.90 Å². The second kappa shape index (κ2) is 12.2. The third-order valence-electron chi connectivity index (χ3n) is 7.19. The fourth-order valence-corrected chi connectivity index (χ4v) is 5.61. The summed E-state index contributed by atoms with van der Waals surface area (Å²) in [4.78, 5) is 7.79. The Hall–Kier alpha value is -2.38. The standard InChI is InChI=1S/C29H36ClFN2O3/c1-19-16-23(35-24-17-33(18-24)15-5-14-31)12-13-25(19)28(20(2)26-6-3-4-7-27(26)30)29(36-32)21-8-10-22(34)11-9-21/h6,8-13,16,24,27-29,34H,2-5,7,14-15,17-18,32H2,1H3/t27-,28-,29?/m0/s1. The molecule has 1 unspecified atom stereocenters. The van der Waals surface area contributed by atoms with E-state index in [9.17, 15) is 9.50 Å². The van der Waals surface area contributed by atoms with Gasteiger partial charge in [0.1, 0.15) is 23.7 Å². The number of nitrogens with two attached hydrogens (primary N) is 1. The van der Waals surface area contributed by atoms with Crippen LogP contribution in [0.25, 0.3) is 0 Å². The highest BCUT2D eigenvalue weighted by atomic mass is 35.5. The fourth-order valence-electron chi connectivity index (χ4n) is 5.22. The summed E-state index contributed by atoms with van der Waals surface area (Å²) in [7, 11) is 0. The van der Waals surface area contributed by atoms with Crippen LogP contribution in [0.2, 0.25) is 0 Å². The van der Waals surface area contributed by atoms with E-state index in [4.69, 9.17) is 27.1 Å². The number of benzene rings is 2. The molecule has 1 aliphatic carbocycles. The van der Waals surface area contributed by atoms with E-state index in [0.29, 0.717) is 6.42 Å². The number of alkyl halides is 2. The summed E-state index contributed by atoms with van der Waals surface area (Å²) in [5.41, 5.74) is 4.83. The Bertz CT molecular complexity index is 1070. The van der Waals surface area contributed by atoms with Gasteiger partial charge in [0, 0.05) is 25.6 Å². The topological polar surface area (TPSA) is 68.0 Å². The summed E-state index contributed by atoms with van der Waals surface area (Å²) in [6, 6.07) is 13.0. The van der Waals surface area contributed by atoms with Gasteiger partial charge in [-0.2, -0.15) is 0 Å². The van der Waals surface area contributed by atoms with Gasteiger partial charge in [-0.25, -0.2) is 5.90 Å². The Balaban J connectivity index is 1.61. The number of aromatic hydroxyl groups is 1. The molecule has 2 aliphatic rings. The SMILES string of the molecule is C=C(C1=CCCC[C@@H]1Cl)[C@@H](c1ccc(OC2CN(CCCF)C2)cc1C)C(ON)c1ccc(O)cc1. The van der Waals surface area contributed by atoms with Gasteiger partial charge in [0.15, 0.2) is 0 Å². The van der Waals surface area contributed by atoms with Gasteiger partial charge in [-0.1, -0.05) is 30.9 Å². The molecular weight excluding hydrogens is 479 g/mol. The second-order valence-corrected chi connectivity index (χ2v) is 10.3. The number of ether oxygens (including phenoxy) is 1. The first-order valence-corrected chi connectivity index (χ1v) is 13.1. The molecule has 4 rings (SSSR count). The highest BCUT2D eigenvalue weighted by Gasteiger charge is 2.33. The van der Waals surface area contributed by atoms with Crippen LogP contribution in [-0.4, -0.2) is 47.8 Å². The highest BCUT2D eigenvalue weighted by molar-refractivity contribution is 6.22. The molecule has 194 valence electrons. The van der Waals surface area contributed by atoms with Gasteiger partial charge in [-0.3, -0.25) is 14.1 Å². The number of phenolic OH excluding ortho intramolecular Hbond substituents is 1. The first-order chi connectivity index (χ1) is 17.4. The smallest absolute Gasteiger partial charge is 0.124 e. The van der Waals surface area contributed by atoms with Crippen LogP contribution in [0.15, 0.2) is 66.3 Å². The van der Waals surface area contributed by atoms with Crippen LogP contribution in [0, 0.1) is 6.92 Å². The van der Waals surface area contributed by atoms with Crippen molar-refractivity contribution in [2.24, 2.45) is 5.90 Å². The summed E-state index contributed by atoms with van der Waals surface area (Å²) in [6.07, 6.45) is 5.26. The first-order valence-electron chi connectivity index (χ1n) is 12.6. The molecule has 0 bridgehead atoms. The number of nitrogens with zero attached hydrogens (tertiary/aromatic N) is 1. The molecule has 0 amide bonds. The molecule has 3 atom stereocenters. The zero-order chi connectivity index (χ0) is 25.7. The lowest BCUT2D eigenvalue weighted by Crippen LogP contribution is -2.53. The molecule has 5 nitrogen and oxygen atoms in total. The second-order valence-electron chi connectivity index (χ2n) is 9.77. The molecule has 2 aromatic rings. The van der Waals surface area contributed by atoms with E-state index in [1.54, 1.807) is 12.1 Å². The van der Waals surface area contributed by atoms with Crippen LogP contribution in [0.4, 0.5) is 4.39 Å². The summed E-state index contributed by atoms with van der Waals surface area (Å²) >= 11 is 6.73. The number of likely N-dealkylation sites (tertiary alicyclic amines) is 1. The van der Waals surface area contributed by atoms with Crippen LogP contribution in [-0.2, 0) is 4.84 Å². The van der Waals surface area contributed by atoms with Gasteiger partial charge in [0.05, 0.1) is 12.1 Å². The zero-order valence-electron chi connectivity index (χ0n) is 20.8. The van der Waals surface area contributed by atoms with Crippen molar-refractivity contribution in [3.05, 3.63) is 83.0 Å². The molecule has 2 aromatic carbocycles. The van der Waals surface area contributed by atoms with E-state index >= 15 is 0 Å². The van der Waals surface area contributed by atoms with Gasteiger partial charge in [-0.05, 0) is 84.7 Å². The van der Waals surface area contributed by atoms with Gasteiger partial charge < -0.3 is 9.84 Å². The van der Waals surface area contributed by atoms with Crippen molar-refractivity contribution in [3.8, 4) is 11.5 Å². The third kappa shape index (κ3) is 6.12. The normalized spacial score (nSPS) is 20.3. The van der Waals surface area contributed by atoms with E-state index in [1.807, 2.05) is 24.3 Å². The molecule has 1 heterocycles. The van der Waals surface area contributed by atoms with Crippen molar-refractivity contribution < 1.29 is 19.1 Å². The van der Waals surface area contributed by atoms with E-state index in [1.165, 1.54) is 0 Å². The Morgan fingerprint density at radius 3 is 2.64 bits per heavy atom. The van der Waals surface area contributed by atoms with Crippen LogP contribution in [0.5, 0.6) is 11.5 Å². The van der Waals surface area contributed by atoms with E-state index in [-0.39, 0.29) is 29.8 Å². The average molecular weight is 515 g/mol.